The van der Waals surface area contributed by atoms with Crippen LogP contribution in [0.25, 0.3) is 0 Å². The predicted molar refractivity (Wildman–Crippen MR) is 109 cm³/mol. The Balaban J connectivity index is 1.52. The molecule has 1 aromatic carbocycles. The van der Waals surface area contributed by atoms with E-state index in [1.54, 1.807) is 31.2 Å². The highest BCUT2D eigenvalue weighted by molar-refractivity contribution is 5.92. The van der Waals surface area contributed by atoms with E-state index in [1.165, 1.54) is 37.3 Å². The number of carbonyl (C=O) groups is 1. The molecular weight excluding hydrogens is 355 g/mol. The normalized spacial score (nSPS) is 13.7. The standard InChI is InChI=1S/C22H27FN4O/c1-16-26-20(22(28)25-14-12-18-9-5-6-10-19(18)23)15-21(27-16)24-13-11-17-7-3-2-4-8-17/h5-7,9-10,15H,2-4,8,11-14H2,1H3,(H,25,28)(H,24,26,27). The molecule has 0 atom stereocenters. The fourth-order valence-electron chi connectivity index (χ4n) is 3.36. The van der Waals surface area contributed by atoms with Crippen molar-refractivity contribution in [3.63, 3.8) is 0 Å². The number of hydrogen-bond donors (Lipinski definition) is 2. The number of allylic oxidation sites excluding steroid dienone is 1. The van der Waals surface area contributed by atoms with Crippen molar-refractivity contribution in [1.29, 1.82) is 0 Å². The molecule has 1 aromatic heterocycles. The van der Waals surface area contributed by atoms with Gasteiger partial charge in [0.15, 0.2) is 0 Å². The van der Waals surface area contributed by atoms with Gasteiger partial charge in [0.25, 0.3) is 5.91 Å². The first kappa shape index (κ1) is 20.0. The van der Waals surface area contributed by atoms with Crippen LogP contribution in [0.1, 0.15) is 54.0 Å². The summed E-state index contributed by atoms with van der Waals surface area (Å²) >= 11 is 0. The summed E-state index contributed by atoms with van der Waals surface area (Å²) in [4.78, 5) is 21.0. The molecule has 0 radical (unpaired) electrons. The number of aryl methyl sites for hydroxylation is 1. The fraction of sp³-hybridized carbons (Fsp3) is 0.409. The molecule has 0 aliphatic heterocycles. The second kappa shape index (κ2) is 9.97. The van der Waals surface area contributed by atoms with Gasteiger partial charge in [-0.25, -0.2) is 14.4 Å². The lowest BCUT2D eigenvalue weighted by Crippen LogP contribution is -2.27. The summed E-state index contributed by atoms with van der Waals surface area (Å²) in [6.45, 7) is 2.90. The van der Waals surface area contributed by atoms with Crippen molar-refractivity contribution in [2.24, 2.45) is 0 Å². The smallest absolute Gasteiger partial charge is 0.270 e. The van der Waals surface area contributed by atoms with Crippen molar-refractivity contribution >= 4 is 11.7 Å². The Morgan fingerprint density at radius 3 is 2.79 bits per heavy atom. The second-order valence-corrected chi connectivity index (χ2v) is 7.07. The first-order chi connectivity index (χ1) is 13.6. The van der Waals surface area contributed by atoms with Gasteiger partial charge in [-0.05, 0) is 57.1 Å². The van der Waals surface area contributed by atoms with Crippen LogP contribution >= 0.6 is 0 Å². The van der Waals surface area contributed by atoms with Gasteiger partial charge in [0, 0.05) is 19.2 Å². The van der Waals surface area contributed by atoms with Gasteiger partial charge in [0.05, 0.1) is 0 Å². The number of nitrogens with one attached hydrogen (secondary N) is 2. The molecule has 0 bridgehead atoms. The fourth-order valence-corrected chi connectivity index (χ4v) is 3.36. The van der Waals surface area contributed by atoms with Crippen LogP contribution in [0.15, 0.2) is 42.0 Å². The molecule has 0 saturated heterocycles. The summed E-state index contributed by atoms with van der Waals surface area (Å²) in [5.74, 6) is 0.665. The topological polar surface area (TPSA) is 66.9 Å². The highest BCUT2D eigenvalue weighted by atomic mass is 19.1. The molecule has 1 amide bonds. The maximum atomic E-state index is 13.7. The molecule has 0 unspecified atom stereocenters. The Hall–Kier alpha value is -2.76. The van der Waals surface area contributed by atoms with Gasteiger partial charge in [-0.1, -0.05) is 29.8 Å². The van der Waals surface area contributed by atoms with Crippen LogP contribution in [0.4, 0.5) is 10.2 Å². The van der Waals surface area contributed by atoms with Gasteiger partial charge in [-0.15, -0.1) is 0 Å². The van der Waals surface area contributed by atoms with Crippen LogP contribution in [-0.4, -0.2) is 29.0 Å². The minimum atomic E-state index is -0.278. The number of rotatable bonds is 8. The Morgan fingerprint density at radius 1 is 1.14 bits per heavy atom. The highest BCUT2D eigenvalue weighted by Crippen LogP contribution is 2.20. The number of anilines is 1. The number of amides is 1. The maximum absolute atomic E-state index is 13.7. The van der Waals surface area contributed by atoms with Gasteiger partial charge >= 0.3 is 0 Å². The lowest BCUT2D eigenvalue weighted by molar-refractivity contribution is 0.0948. The molecule has 2 aromatic rings. The van der Waals surface area contributed by atoms with E-state index in [0.29, 0.717) is 35.9 Å². The van der Waals surface area contributed by atoms with E-state index in [2.05, 4.69) is 26.7 Å². The highest BCUT2D eigenvalue weighted by Gasteiger charge is 2.11. The molecule has 1 aliphatic carbocycles. The summed E-state index contributed by atoms with van der Waals surface area (Å²) in [7, 11) is 0. The molecular formula is C22H27FN4O. The Bertz CT molecular complexity index is 850. The maximum Gasteiger partial charge on any atom is 0.270 e. The summed E-state index contributed by atoms with van der Waals surface area (Å²) in [5.41, 5.74) is 2.40. The third-order valence-corrected chi connectivity index (χ3v) is 4.85. The van der Waals surface area contributed by atoms with Crippen molar-refractivity contribution in [1.82, 2.24) is 15.3 Å². The van der Waals surface area contributed by atoms with Crippen molar-refractivity contribution in [2.75, 3.05) is 18.4 Å². The molecule has 0 fully saturated rings. The molecule has 6 heteroatoms. The zero-order valence-electron chi connectivity index (χ0n) is 16.3. The Morgan fingerprint density at radius 2 is 2.00 bits per heavy atom. The zero-order valence-corrected chi connectivity index (χ0v) is 16.3. The lowest BCUT2D eigenvalue weighted by atomic mass is 9.97. The molecule has 1 heterocycles. The second-order valence-electron chi connectivity index (χ2n) is 7.07. The molecule has 0 saturated carbocycles. The molecule has 28 heavy (non-hydrogen) atoms. The number of hydrogen-bond acceptors (Lipinski definition) is 4. The number of aromatic nitrogens is 2. The first-order valence-corrected chi connectivity index (χ1v) is 9.91. The number of nitrogens with zero attached hydrogens (tertiary/aromatic N) is 2. The summed E-state index contributed by atoms with van der Waals surface area (Å²) < 4.78 is 13.7. The SMILES string of the molecule is Cc1nc(NCCC2=CCCCC2)cc(C(=O)NCCc2ccccc2F)n1. The van der Waals surface area contributed by atoms with Crippen LogP contribution in [-0.2, 0) is 6.42 Å². The van der Waals surface area contributed by atoms with E-state index < -0.39 is 0 Å². The monoisotopic (exact) mass is 382 g/mol. The number of carbonyl (C=O) groups excluding carboxylic acids is 1. The van der Waals surface area contributed by atoms with E-state index in [-0.39, 0.29) is 11.7 Å². The minimum Gasteiger partial charge on any atom is -0.370 e. The van der Waals surface area contributed by atoms with E-state index in [1.807, 2.05) is 0 Å². The lowest BCUT2D eigenvalue weighted by Gasteiger charge is -2.13. The first-order valence-electron chi connectivity index (χ1n) is 9.91. The van der Waals surface area contributed by atoms with Crippen LogP contribution in [0.5, 0.6) is 0 Å². The van der Waals surface area contributed by atoms with E-state index >= 15 is 0 Å². The van der Waals surface area contributed by atoms with Crippen LogP contribution in [0, 0.1) is 12.7 Å². The summed E-state index contributed by atoms with van der Waals surface area (Å²) in [5, 5.41) is 6.10. The van der Waals surface area contributed by atoms with Gasteiger partial charge < -0.3 is 10.6 Å². The molecule has 3 rings (SSSR count). The van der Waals surface area contributed by atoms with Crippen LogP contribution in [0.3, 0.4) is 0 Å². The van der Waals surface area contributed by atoms with Crippen LogP contribution in [0.2, 0.25) is 0 Å². The van der Waals surface area contributed by atoms with Gasteiger partial charge in [0.1, 0.15) is 23.2 Å². The van der Waals surface area contributed by atoms with E-state index in [4.69, 9.17) is 0 Å². The molecule has 0 spiro atoms. The largest absolute Gasteiger partial charge is 0.370 e. The summed E-state index contributed by atoms with van der Waals surface area (Å²) in [6.07, 6.45) is 8.69. The van der Waals surface area contributed by atoms with Crippen molar-refractivity contribution in [2.45, 2.75) is 45.4 Å². The van der Waals surface area contributed by atoms with Crippen molar-refractivity contribution in [3.8, 4) is 0 Å². The number of benzene rings is 1. The molecule has 1 aliphatic rings. The van der Waals surface area contributed by atoms with Gasteiger partial charge in [-0.3, -0.25) is 4.79 Å². The average Bonchev–Trinajstić information content (AvgIpc) is 2.70. The summed E-state index contributed by atoms with van der Waals surface area (Å²) in [6, 6.07) is 8.25. The zero-order chi connectivity index (χ0) is 19.8. The molecule has 5 nitrogen and oxygen atoms in total. The van der Waals surface area contributed by atoms with Gasteiger partial charge in [-0.2, -0.15) is 0 Å². The Kier molecular flexibility index (Phi) is 7.12. The minimum absolute atomic E-state index is 0.255. The van der Waals surface area contributed by atoms with Crippen molar-refractivity contribution in [3.05, 3.63) is 64.9 Å². The number of halogens is 1. The third-order valence-electron chi connectivity index (χ3n) is 4.85. The van der Waals surface area contributed by atoms with E-state index in [9.17, 15) is 9.18 Å². The predicted octanol–water partition coefficient (Wildman–Crippen LogP) is 4.20. The quantitative estimate of drug-likeness (QED) is 0.672. The van der Waals surface area contributed by atoms with Gasteiger partial charge in [0.2, 0.25) is 0 Å². The molecule has 2 N–H and O–H groups in total. The Labute approximate surface area is 165 Å². The molecule has 148 valence electrons. The third kappa shape index (κ3) is 5.87. The van der Waals surface area contributed by atoms with E-state index in [0.717, 1.165) is 13.0 Å². The van der Waals surface area contributed by atoms with Crippen molar-refractivity contribution < 1.29 is 9.18 Å². The average molecular weight is 382 g/mol. The van der Waals surface area contributed by atoms with Crippen LogP contribution < -0.4 is 10.6 Å².